The fourth-order valence-electron chi connectivity index (χ4n) is 1.01. The maximum Gasteiger partial charge on any atom is 0.248 e. The molecule has 0 amide bonds. The molecule has 0 saturated carbocycles. The first-order chi connectivity index (χ1) is 5.36. The van der Waals surface area contributed by atoms with Gasteiger partial charge in [0, 0.05) is 5.38 Å². The van der Waals surface area contributed by atoms with Gasteiger partial charge < -0.3 is 0 Å². The minimum Gasteiger partial charge on any atom is -0.239 e. The van der Waals surface area contributed by atoms with E-state index >= 15 is 0 Å². The number of aryl methyl sites for hydroxylation is 1. The van der Waals surface area contributed by atoms with Crippen molar-refractivity contribution in [2.24, 2.45) is 7.05 Å². The maximum absolute atomic E-state index is 2.12. The fraction of sp³-hybridized carbons (Fsp3) is 0.125. The molecule has 2 aromatic rings. The summed E-state index contributed by atoms with van der Waals surface area (Å²) in [6.07, 6.45) is 6.11. The SMILES string of the molecule is C[n+]1ccn(-c2ccsc2)c1. The van der Waals surface area contributed by atoms with Crippen molar-refractivity contribution in [2.75, 3.05) is 0 Å². The van der Waals surface area contributed by atoms with E-state index in [0.717, 1.165) is 0 Å². The van der Waals surface area contributed by atoms with Gasteiger partial charge in [-0.3, -0.25) is 0 Å². The summed E-state index contributed by atoms with van der Waals surface area (Å²) in [4.78, 5) is 0. The predicted octanol–water partition coefficient (Wildman–Crippen LogP) is 1.36. The van der Waals surface area contributed by atoms with E-state index < -0.39 is 0 Å². The highest BCUT2D eigenvalue weighted by Crippen LogP contribution is 2.09. The van der Waals surface area contributed by atoms with Crippen molar-refractivity contribution in [3.05, 3.63) is 35.5 Å². The van der Waals surface area contributed by atoms with E-state index in [4.69, 9.17) is 0 Å². The summed E-state index contributed by atoms with van der Waals surface area (Å²) in [5.74, 6) is 0. The lowest BCUT2D eigenvalue weighted by Gasteiger charge is -1.85. The number of imidazole rings is 1. The molecule has 0 aliphatic carbocycles. The molecule has 2 nitrogen and oxygen atoms in total. The highest BCUT2D eigenvalue weighted by molar-refractivity contribution is 7.08. The first-order valence-electron chi connectivity index (χ1n) is 3.42. The molecule has 11 heavy (non-hydrogen) atoms. The standard InChI is InChI=1S/C8H9N2S/c1-9-3-4-10(7-9)8-2-5-11-6-8/h2-7H,1H3/q+1. The Bertz CT molecular complexity index is 335. The van der Waals surface area contributed by atoms with Crippen LogP contribution in [0.5, 0.6) is 0 Å². The molecule has 0 aliphatic heterocycles. The molecule has 0 unspecified atom stereocenters. The Morgan fingerprint density at radius 1 is 1.55 bits per heavy atom. The molecule has 0 aromatic carbocycles. The zero-order valence-electron chi connectivity index (χ0n) is 6.27. The molecule has 0 saturated heterocycles. The van der Waals surface area contributed by atoms with Crippen LogP contribution in [-0.2, 0) is 7.05 Å². The summed E-state index contributed by atoms with van der Waals surface area (Å²) < 4.78 is 4.12. The number of nitrogens with zero attached hydrogens (tertiary/aromatic N) is 2. The van der Waals surface area contributed by atoms with E-state index in [2.05, 4.69) is 21.4 Å². The van der Waals surface area contributed by atoms with Gasteiger partial charge in [0.25, 0.3) is 0 Å². The van der Waals surface area contributed by atoms with Crippen LogP contribution in [-0.4, -0.2) is 4.57 Å². The second-order valence-electron chi connectivity index (χ2n) is 2.47. The molecule has 2 aromatic heterocycles. The van der Waals surface area contributed by atoms with Crippen LogP contribution in [0.2, 0.25) is 0 Å². The van der Waals surface area contributed by atoms with Crippen molar-refractivity contribution in [3.63, 3.8) is 0 Å². The molecular weight excluding hydrogens is 156 g/mol. The summed E-state index contributed by atoms with van der Waals surface area (Å²) in [7, 11) is 2.02. The topological polar surface area (TPSA) is 8.81 Å². The summed E-state index contributed by atoms with van der Waals surface area (Å²) in [6, 6.07) is 2.10. The largest absolute Gasteiger partial charge is 0.248 e. The second-order valence-corrected chi connectivity index (χ2v) is 3.25. The predicted molar refractivity (Wildman–Crippen MR) is 44.8 cm³/mol. The van der Waals surface area contributed by atoms with E-state index in [-0.39, 0.29) is 0 Å². The molecular formula is C8H9N2S+. The zero-order chi connectivity index (χ0) is 7.68. The van der Waals surface area contributed by atoms with Crippen molar-refractivity contribution < 1.29 is 4.57 Å². The molecule has 2 rings (SSSR count). The van der Waals surface area contributed by atoms with Gasteiger partial charge in [-0.1, -0.05) is 0 Å². The van der Waals surface area contributed by atoms with Crippen molar-refractivity contribution >= 4 is 11.3 Å². The summed E-state index contributed by atoms with van der Waals surface area (Å²) in [6.45, 7) is 0. The summed E-state index contributed by atoms with van der Waals surface area (Å²) in [5, 5.41) is 4.20. The highest BCUT2D eigenvalue weighted by atomic mass is 32.1. The number of thiophene rings is 1. The zero-order valence-corrected chi connectivity index (χ0v) is 7.08. The van der Waals surface area contributed by atoms with Crippen LogP contribution in [0.25, 0.3) is 5.69 Å². The molecule has 0 fully saturated rings. The van der Waals surface area contributed by atoms with Gasteiger partial charge in [-0.25, -0.2) is 9.13 Å². The molecule has 0 spiro atoms. The second kappa shape index (κ2) is 2.51. The minimum atomic E-state index is 1.23. The first kappa shape index (κ1) is 6.61. The Labute approximate surface area is 69.3 Å². The van der Waals surface area contributed by atoms with Gasteiger partial charge in [-0.05, 0) is 11.4 Å². The van der Waals surface area contributed by atoms with E-state index in [0.29, 0.717) is 0 Å². The van der Waals surface area contributed by atoms with Gasteiger partial charge in [-0.2, -0.15) is 0 Å². The molecule has 0 radical (unpaired) electrons. The van der Waals surface area contributed by atoms with Gasteiger partial charge in [-0.15, -0.1) is 11.3 Å². The van der Waals surface area contributed by atoms with Crippen molar-refractivity contribution in [2.45, 2.75) is 0 Å². The van der Waals surface area contributed by atoms with Gasteiger partial charge in [0.05, 0.1) is 7.05 Å². The minimum absolute atomic E-state index is 1.23. The average molecular weight is 165 g/mol. The van der Waals surface area contributed by atoms with Gasteiger partial charge in [0.1, 0.15) is 18.1 Å². The lowest BCUT2D eigenvalue weighted by Crippen LogP contribution is -2.23. The van der Waals surface area contributed by atoms with Crippen molar-refractivity contribution in [1.82, 2.24) is 4.57 Å². The smallest absolute Gasteiger partial charge is 0.239 e. The third-order valence-corrected chi connectivity index (χ3v) is 2.24. The van der Waals surface area contributed by atoms with Gasteiger partial charge in [0.2, 0.25) is 6.33 Å². The van der Waals surface area contributed by atoms with Crippen LogP contribution in [0.4, 0.5) is 0 Å². The van der Waals surface area contributed by atoms with Crippen LogP contribution in [0, 0.1) is 0 Å². The molecule has 0 atom stereocenters. The Morgan fingerprint density at radius 2 is 2.45 bits per heavy atom. The normalized spacial score (nSPS) is 10.3. The quantitative estimate of drug-likeness (QED) is 0.564. The lowest BCUT2D eigenvalue weighted by molar-refractivity contribution is -0.670. The van der Waals surface area contributed by atoms with E-state index in [1.165, 1.54) is 5.69 Å². The number of rotatable bonds is 1. The lowest BCUT2D eigenvalue weighted by atomic mass is 10.5. The molecule has 0 N–H and O–H groups in total. The van der Waals surface area contributed by atoms with Crippen LogP contribution in [0.1, 0.15) is 0 Å². The maximum atomic E-state index is 2.12. The third kappa shape index (κ3) is 1.19. The van der Waals surface area contributed by atoms with E-state index in [1.807, 2.05) is 30.3 Å². The van der Waals surface area contributed by atoms with Crippen LogP contribution in [0.3, 0.4) is 0 Å². The van der Waals surface area contributed by atoms with Crippen LogP contribution in [0.15, 0.2) is 35.5 Å². The molecule has 0 bridgehead atoms. The average Bonchev–Trinajstić information content (AvgIpc) is 2.55. The third-order valence-electron chi connectivity index (χ3n) is 1.57. The fourth-order valence-corrected chi connectivity index (χ4v) is 1.64. The molecule has 2 heterocycles. The van der Waals surface area contributed by atoms with Gasteiger partial charge >= 0.3 is 0 Å². The molecule has 56 valence electrons. The molecule has 0 aliphatic rings. The summed E-state index contributed by atoms with van der Waals surface area (Å²) >= 11 is 1.71. The highest BCUT2D eigenvalue weighted by Gasteiger charge is 2.02. The molecule has 3 heteroatoms. The van der Waals surface area contributed by atoms with Crippen LogP contribution >= 0.6 is 11.3 Å². The Balaban J connectivity index is 2.45. The first-order valence-corrected chi connectivity index (χ1v) is 4.36. The Morgan fingerprint density at radius 3 is 3.00 bits per heavy atom. The Hall–Kier alpha value is -1.09. The van der Waals surface area contributed by atoms with Crippen LogP contribution < -0.4 is 4.57 Å². The van der Waals surface area contributed by atoms with Gasteiger partial charge in [0.15, 0.2) is 0 Å². The summed E-state index contributed by atoms with van der Waals surface area (Å²) in [5.41, 5.74) is 1.23. The van der Waals surface area contributed by atoms with Crippen molar-refractivity contribution in [1.29, 1.82) is 0 Å². The van der Waals surface area contributed by atoms with E-state index in [9.17, 15) is 0 Å². The number of aromatic nitrogens is 2. The van der Waals surface area contributed by atoms with Crippen molar-refractivity contribution in [3.8, 4) is 5.69 Å². The van der Waals surface area contributed by atoms with E-state index in [1.54, 1.807) is 11.3 Å². The monoisotopic (exact) mass is 165 g/mol. The Kier molecular flexibility index (Phi) is 1.51. The number of hydrogen-bond donors (Lipinski definition) is 0. The number of hydrogen-bond acceptors (Lipinski definition) is 1.